The minimum atomic E-state index is -5.08. The zero-order chi connectivity index (χ0) is 35.1. The Hall–Kier alpha value is -4.21. The van der Waals surface area contributed by atoms with Crippen molar-refractivity contribution in [1.82, 2.24) is 10.6 Å². The van der Waals surface area contributed by atoms with E-state index in [9.17, 15) is 27.6 Å². The summed E-state index contributed by atoms with van der Waals surface area (Å²) in [5.41, 5.74) is 1.96. The van der Waals surface area contributed by atoms with E-state index in [4.69, 9.17) is 19.4 Å². The number of ether oxygens (including phenoxy) is 2. The molecule has 3 N–H and O–H groups in total. The maximum absolute atomic E-state index is 14.4. The van der Waals surface area contributed by atoms with Gasteiger partial charge in [-0.2, -0.15) is 13.2 Å². The molecule has 0 unspecified atom stereocenters. The summed E-state index contributed by atoms with van der Waals surface area (Å²) in [5.74, 6) is -3.00. The number of benzene rings is 3. The van der Waals surface area contributed by atoms with Gasteiger partial charge in [0, 0.05) is 17.1 Å². The molecule has 47 heavy (non-hydrogen) atoms. The fourth-order valence-corrected chi connectivity index (χ4v) is 5.56. The Balaban J connectivity index is 0.000000771. The van der Waals surface area contributed by atoms with Gasteiger partial charge in [-0.05, 0) is 62.0 Å². The number of anilines is 2. The summed E-state index contributed by atoms with van der Waals surface area (Å²) < 4.78 is 43.6. The molecule has 3 aromatic rings. The quantitative estimate of drug-likeness (QED) is 0.290. The number of methoxy groups -OCH3 is 2. The van der Waals surface area contributed by atoms with Crippen LogP contribution in [0.5, 0.6) is 5.75 Å². The molecule has 1 aliphatic heterocycles. The van der Waals surface area contributed by atoms with Crippen LogP contribution in [0.25, 0.3) is 10.8 Å². The van der Waals surface area contributed by atoms with Crippen molar-refractivity contribution in [3.05, 3.63) is 64.6 Å². The highest BCUT2D eigenvalue weighted by Gasteiger charge is 2.42. The number of carbonyl (C=O) groups excluding carboxylic acids is 3. The maximum atomic E-state index is 14.4. The number of rotatable bonds is 9. The van der Waals surface area contributed by atoms with E-state index < -0.39 is 30.3 Å². The lowest BCUT2D eigenvalue weighted by molar-refractivity contribution is -0.192. The van der Waals surface area contributed by atoms with Crippen LogP contribution in [0, 0.1) is 0 Å². The van der Waals surface area contributed by atoms with Gasteiger partial charge >= 0.3 is 12.1 Å². The Morgan fingerprint density at radius 1 is 1.02 bits per heavy atom. The van der Waals surface area contributed by atoms with Crippen molar-refractivity contribution >= 4 is 61.8 Å². The number of halogens is 4. The van der Waals surface area contributed by atoms with Crippen LogP contribution in [0.3, 0.4) is 0 Å². The third-order valence-electron chi connectivity index (χ3n) is 7.62. The van der Waals surface area contributed by atoms with Crippen molar-refractivity contribution in [2.24, 2.45) is 0 Å². The molecule has 4 rings (SSSR count). The molecule has 0 saturated carbocycles. The number of alkyl halides is 3. The van der Waals surface area contributed by atoms with E-state index in [2.05, 4.69) is 26.6 Å². The Morgan fingerprint density at radius 3 is 2.23 bits per heavy atom. The molecule has 0 aliphatic carbocycles. The summed E-state index contributed by atoms with van der Waals surface area (Å²) >= 11 is 3.63. The summed E-state index contributed by atoms with van der Waals surface area (Å²) in [6.07, 6.45) is -4.96. The predicted molar refractivity (Wildman–Crippen MR) is 173 cm³/mol. The van der Waals surface area contributed by atoms with Crippen LogP contribution in [0.1, 0.15) is 25.8 Å². The standard InChI is InChI=1S/C30H35BrN4O5.C2HF3O2/c1-18(32-3)29(37)33-28-19(2)35(27(36)15-16-39-4)25-12-7-6-11-24(25)34(30(28)38)17-22-20-9-8-10-23(31)21(20)13-14-26(22)40-5;3-2(4,5)1(6)7/h6-14,18-19,28,32H,15-17H2,1-5H3,(H,33,37);(H,6,7)/t18-,19-,28-;/m0./s1. The minimum Gasteiger partial charge on any atom is -0.496 e. The average Bonchev–Trinajstić information content (AvgIpc) is 3.12. The van der Waals surface area contributed by atoms with Gasteiger partial charge in [0.05, 0.1) is 50.1 Å². The number of amides is 3. The Labute approximate surface area is 278 Å². The third kappa shape index (κ3) is 8.58. The van der Waals surface area contributed by atoms with E-state index in [1.165, 1.54) is 7.11 Å². The molecule has 3 amide bonds. The normalized spacial score (nSPS) is 16.8. The van der Waals surface area contributed by atoms with Gasteiger partial charge < -0.3 is 35.0 Å². The molecule has 1 aliphatic rings. The fourth-order valence-electron chi connectivity index (χ4n) is 5.06. The second kappa shape index (κ2) is 16.1. The van der Waals surface area contributed by atoms with Gasteiger partial charge in [0.15, 0.2) is 0 Å². The van der Waals surface area contributed by atoms with E-state index in [-0.39, 0.29) is 37.3 Å². The van der Waals surface area contributed by atoms with Crippen LogP contribution in [-0.4, -0.2) is 81.0 Å². The Morgan fingerprint density at radius 2 is 1.66 bits per heavy atom. The number of carboxylic acid groups (broad SMARTS) is 1. The lowest BCUT2D eigenvalue weighted by Crippen LogP contribution is -2.59. The largest absolute Gasteiger partial charge is 0.496 e. The number of hydrogen-bond donors (Lipinski definition) is 3. The second-order valence-electron chi connectivity index (χ2n) is 10.5. The summed E-state index contributed by atoms with van der Waals surface area (Å²) in [6.45, 7) is 3.90. The SMILES string of the molecule is CN[C@@H](C)C(=O)N[C@@H]1C(=O)N(Cc2c(OC)ccc3c(Br)cccc23)c2ccccc2N(C(=O)CCOC)[C@H]1C.O=C(O)C(F)(F)F. The van der Waals surface area contributed by atoms with Gasteiger partial charge in [-0.3, -0.25) is 14.4 Å². The minimum absolute atomic E-state index is 0.127. The van der Waals surface area contributed by atoms with Crippen LogP contribution in [0.4, 0.5) is 24.5 Å². The maximum Gasteiger partial charge on any atom is 0.490 e. The number of fused-ring (bicyclic) bond motifs is 2. The van der Waals surface area contributed by atoms with Gasteiger partial charge in [0.25, 0.3) is 5.91 Å². The molecular weight excluding hydrogens is 689 g/mol. The monoisotopic (exact) mass is 724 g/mol. The number of likely N-dealkylation sites (N-methyl/N-ethyl adjacent to an activating group) is 1. The summed E-state index contributed by atoms with van der Waals surface area (Å²) in [5, 5.41) is 14.9. The predicted octanol–water partition coefficient (Wildman–Crippen LogP) is 4.64. The number of carboxylic acids is 1. The second-order valence-corrected chi connectivity index (χ2v) is 11.4. The van der Waals surface area contributed by atoms with Gasteiger partial charge in [-0.15, -0.1) is 0 Å². The lowest BCUT2D eigenvalue weighted by Gasteiger charge is -2.32. The first-order valence-corrected chi connectivity index (χ1v) is 15.2. The van der Waals surface area contributed by atoms with Crippen molar-refractivity contribution in [3.8, 4) is 5.75 Å². The topological polar surface area (TPSA) is 138 Å². The van der Waals surface area contributed by atoms with E-state index in [1.807, 2.05) is 54.6 Å². The number of para-hydroxylation sites is 2. The summed E-state index contributed by atoms with van der Waals surface area (Å²) in [4.78, 5) is 53.2. The molecule has 3 aromatic carbocycles. The smallest absolute Gasteiger partial charge is 0.490 e. The van der Waals surface area contributed by atoms with Crippen molar-refractivity contribution in [1.29, 1.82) is 0 Å². The van der Waals surface area contributed by atoms with Crippen molar-refractivity contribution < 1.29 is 46.9 Å². The molecule has 0 bridgehead atoms. The van der Waals surface area contributed by atoms with Gasteiger partial charge in [0.1, 0.15) is 11.8 Å². The number of carbonyl (C=O) groups is 4. The lowest BCUT2D eigenvalue weighted by atomic mass is 10.0. The van der Waals surface area contributed by atoms with Gasteiger partial charge in [0.2, 0.25) is 11.8 Å². The number of hydrogen-bond acceptors (Lipinski definition) is 7. The Bertz CT molecular complexity index is 1620. The van der Waals surface area contributed by atoms with E-state index >= 15 is 0 Å². The molecule has 0 saturated heterocycles. The fraction of sp³-hybridized carbons (Fsp3) is 0.375. The van der Waals surface area contributed by atoms with Crippen LogP contribution < -0.4 is 25.2 Å². The third-order valence-corrected chi connectivity index (χ3v) is 8.31. The van der Waals surface area contributed by atoms with Crippen LogP contribution in [0.2, 0.25) is 0 Å². The molecule has 0 radical (unpaired) electrons. The first-order chi connectivity index (χ1) is 22.2. The molecule has 0 aromatic heterocycles. The molecule has 1 heterocycles. The summed E-state index contributed by atoms with van der Waals surface area (Å²) in [7, 11) is 4.81. The molecule has 11 nitrogen and oxygen atoms in total. The van der Waals surface area contributed by atoms with E-state index in [0.29, 0.717) is 17.1 Å². The van der Waals surface area contributed by atoms with Gasteiger partial charge in [-0.1, -0.05) is 40.2 Å². The van der Waals surface area contributed by atoms with Crippen LogP contribution in [0.15, 0.2) is 59.1 Å². The molecule has 254 valence electrons. The zero-order valence-corrected chi connectivity index (χ0v) is 27.9. The van der Waals surface area contributed by atoms with Crippen molar-refractivity contribution in [2.75, 3.05) is 37.7 Å². The molecule has 15 heteroatoms. The van der Waals surface area contributed by atoms with Crippen LogP contribution >= 0.6 is 15.9 Å². The Kier molecular flexibility index (Phi) is 12.7. The average molecular weight is 726 g/mol. The summed E-state index contributed by atoms with van der Waals surface area (Å²) in [6, 6.07) is 14.9. The number of nitrogens with zero attached hydrogens (tertiary/aromatic N) is 2. The number of nitrogens with one attached hydrogen (secondary N) is 2. The molecule has 3 atom stereocenters. The van der Waals surface area contributed by atoms with Crippen molar-refractivity contribution in [3.63, 3.8) is 0 Å². The van der Waals surface area contributed by atoms with E-state index in [1.54, 1.807) is 37.8 Å². The van der Waals surface area contributed by atoms with E-state index in [0.717, 1.165) is 20.8 Å². The van der Waals surface area contributed by atoms with Crippen LogP contribution in [-0.2, 0) is 30.5 Å². The molecule has 0 fully saturated rings. The molecule has 0 spiro atoms. The highest BCUT2D eigenvalue weighted by Crippen LogP contribution is 2.39. The van der Waals surface area contributed by atoms with Gasteiger partial charge in [-0.25, -0.2) is 4.79 Å². The highest BCUT2D eigenvalue weighted by molar-refractivity contribution is 9.10. The highest BCUT2D eigenvalue weighted by atomic mass is 79.9. The molecular formula is C32H36BrF3N4O7. The first kappa shape index (κ1) is 37.2. The van der Waals surface area contributed by atoms with Crippen molar-refractivity contribution in [2.45, 2.75) is 51.1 Å². The number of aliphatic carboxylic acids is 1. The zero-order valence-electron chi connectivity index (χ0n) is 26.4. The first-order valence-electron chi connectivity index (χ1n) is 14.4.